The zero-order valence-corrected chi connectivity index (χ0v) is 36.8. The van der Waals surface area contributed by atoms with Crippen LogP contribution in [0.1, 0.15) is 259 Å². The van der Waals surface area contributed by atoms with Gasteiger partial charge in [0, 0.05) is 19.3 Å². The van der Waals surface area contributed by atoms with Crippen LogP contribution in [0.15, 0.2) is 0 Å². The van der Waals surface area contributed by atoms with E-state index in [0.29, 0.717) is 19.3 Å². The fourth-order valence-electron chi connectivity index (χ4n) is 7.11. The third-order valence-electron chi connectivity index (χ3n) is 10.7. The van der Waals surface area contributed by atoms with Gasteiger partial charge in [-0.1, -0.05) is 221 Å². The van der Waals surface area contributed by atoms with Gasteiger partial charge in [-0.3, -0.25) is 14.4 Å². The molecule has 320 valence electrons. The van der Waals surface area contributed by atoms with Gasteiger partial charge in [0.15, 0.2) is 6.10 Å². The molecule has 0 spiro atoms. The van der Waals surface area contributed by atoms with Gasteiger partial charge in [-0.05, 0) is 31.1 Å². The third-order valence-corrected chi connectivity index (χ3v) is 10.7. The predicted molar refractivity (Wildman–Crippen MR) is 229 cm³/mol. The van der Waals surface area contributed by atoms with Crippen molar-refractivity contribution < 1.29 is 28.6 Å². The summed E-state index contributed by atoms with van der Waals surface area (Å²) in [7, 11) is 0. The highest BCUT2D eigenvalue weighted by molar-refractivity contribution is 5.71. The molecule has 0 aromatic heterocycles. The minimum Gasteiger partial charge on any atom is -0.462 e. The first-order valence-corrected chi connectivity index (χ1v) is 23.7. The van der Waals surface area contributed by atoms with E-state index in [9.17, 15) is 14.4 Å². The molecule has 0 aliphatic rings. The van der Waals surface area contributed by atoms with Crippen molar-refractivity contribution in [3.05, 3.63) is 0 Å². The molecular formula is C48H92O6. The van der Waals surface area contributed by atoms with Crippen molar-refractivity contribution in [2.24, 2.45) is 11.8 Å². The Hall–Kier alpha value is -1.59. The second-order valence-corrected chi connectivity index (χ2v) is 17.3. The number of carbonyl (C=O) groups is 3. The molecule has 0 N–H and O–H groups in total. The standard InChI is InChI=1S/C48H92O6/c1-6-7-8-9-10-18-22-28-33-38-46(49)52-41-45(54-48(51)40-35-30-25-24-27-32-37-44(4)5)42-53-47(50)39-34-29-23-20-17-15-13-11-12-14-16-19-21-26-31-36-43(2)3/h43-45H,6-42H2,1-5H3/t45-/m1/s1. The zero-order valence-electron chi connectivity index (χ0n) is 36.8. The van der Waals surface area contributed by atoms with E-state index < -0.39 is 6.10 Å². The summed E-state index contributed by atoms with van der Waals surface area (Å²) in [6.45, 7) is 11.3. The number of hydrogen-bond acceptors (Lipinski definition) is 6. The van der Waals surface area contributed by atoms with Crippen molar-refractivity contribution in [3.8, 4) is 0 Å². The van der Waals surface area contributed by atoms with E-state index in [1.165, 1.54) is 148 Å². The van der Waals surface area contributed by atoms with E-state index in [1.807, 2.05) is 0 Å². The third kappa shape index (κ3) is 41.6. The Morgan fingerprint density at radius 1 is 0.352 bits per heavy atom. The lowest BCUT2D eigenvalue weighted by Crippen LogP contribution is -2.30. The highest BCUT2D eigenvalue weighted by atomic mass is 16.6. The van der Waals surface area contributed by atoms with Crippen LogP contribution in [0.5, 0.6) is 0 Å². The van der Waals surface area contributed by atoms with Crippen molar-refractivity contribution in [1.82, 2.24) is 0 Å². The van der Waals surface area contributed by atoms with Crippen LogP contribution in [-0.2, 0) is 28.6 Å². The summed E-state index contributed by atoms with van der Waals surface area (Å²) >= 11 is 0. The highest BCUT2D eigenvalue weighted by Crippen LogP contribution is 2.17. The summed E-state index contributed by atoms with van der Waals surface area (Å²) in [6, 6.07) is 0. The van der Waals surface area contributed by atoms with Crippen LogP contribution >= 0.6 is 0 Å². The number of unbranched alkanes of at least 4 members (excludes halogenated alkanes) is 27. The molecular weight excluding hydrogens is 673 g/mol. The average Bonchev–Trinajstić information content (AvgIpc) is 3.14. The lowest BCUT2D eigenvalue weighted by molar-refractivity contribution is -0.167. The summed E-state index contributed by atoms with van der Waals surface area (Å²) in [5.74, 6) is 0.746. The van der Waals surface area contributed by atoms with E-state index in [4.69, 9.17) is 14.2 Å². The van der Waals surface area contributed by atoms with E-state index in [1.54, 1.807) is 0 Å². The summed E-state index contributed by atoms with van der Waals surface area (Å²) in [6.07, 6.45) is 39.6. The molecule has 0 unspecified atom stereocenters. The molecule has 0 fully saturated rings. The maximum absolute atomic E-state index is 12.7. The molecule has 6 heteroatoms. The summed E-state index contributed by atoms with van der Waals surface area (Å²) in [5.41, 5.74) is 0. The van der Waals surface area contributed by atoms with Gasteiger partial charge < -0.3 is 14.2 Å². The predicted octanol–water partition coefficient (Wildman–Crippen LogP) is 15.0. The molecule has 0 bridgehead atoms. The molecule has 6 nitrogen and oxygen atoms in total. The summed E-state index contributed by atoms with van der Waals surface area (Å²) < 4.78 is 16.7. The number of hydrogen-bond donors (Lipinski definition) is 0. The fourth-order valence-corrected chi connectivity index (χ4v) is 7.11. The van der Waals surface area contributed by atoms with Crippen LogP contribution in [0, 0.1) is 11.8 Å². The number of rotatable bonds is 42. The fraction of sp³-hybridized carbons (Fsp3) is 0.938. The molecule has 0 aromatic rings. The van der Waals surface area contributed by atoms with Gasteiger partial charge in [0.2, 0.25) is 0 Å². The Bertz CT molecular complexity index is 824. The van der Waals surface area contributed by atoms with Crippen LogP contribution in [0.2, 0.25) is 0 Å². The van der Waals surface area contributed by atoms with Gasteiger partial charge in [0.05, 0.1) is 0 Å². The quantitative estimate of drug-likeness (QED) is 0.0350. The largest absolute Gasteiger partial charge is 0.462 e. The van der Waals surface area contributed by atoms with Crippen LogP contribution in [0.3, 0.4) is 0 Å². The Balaban J connectivity index is 4.20. The molecule has 0 aliphatic heterocycles. The lowest BCUT2D eigenvalue weighted by atomic mass is 10.0. The van der Waals surface area contributed by atoms with Gasteiger partial charge >= 0.3 is 17.9 Å². The monoisotopic (exact) mass is 765 g/mol. The topological polar surface area (TPSA) is 78.9 Å². The lowest BCUT2D eigenvalue weighted by Gasteiger charge is -2.18. The Morgan fingerprint density at radius 2 is 0.611 bits per heavy atom. The van der Waals surface area contributed by atoms with Crippen LogP contribution in [0.25, 0.3) is 0 Å². The van der Waals surface area contributed by atoms with E-state index in [0.717, 1.165) is 69.6 Å². The van der Waals surface area contributed by atoms with Gasteiger partial charge in [-0.15, -0.1) is 0 Å². The first-order valence-electron chi connectivity index (χ1n) is 23.7. The molecule has 0 rings (SSSR count). The highest BCUT2D eigenvalue weighted by Gasteiger charge is 2.19. The first-order chi connectivity index (χ1) is 26.2. The zero-order chi connectivity index (χ0) is 39.7. The van der Waals surface area contributed by atoms with Crippen molar-refractivity contribution in [2.75, 3.05) is 13.2 Å². The van der Waals surface area contributed by atoms with E-state index >= 15 is 0 Å². The molecule has 0 aliphatic carbocycles. The van der Waals surface area contributed by atoms with Gasteiger partial charge in [0.1, 0.15) is 13.2 Å². The first kappa shape index (κ1) is 52.4. The SMILES string of the molecule is CCCCCCCCCCCC(=O)OC[C@H](COC(=O)CCCCCCCCCCCCCCCCCC(C)C)OC(=O)CCCCCCCCC(C)C. The molecule has 1 atom stereocenters. The maximum Gasteiger partial charge on any atom is 0.306 e. The summed E-state index contributed by atoms with van der Waals surface area (Å²) in [5, 5.41) is 0. The average molecular weight is 765 g/mol. The number of ether oxygens (including phenoxy) is 3. The van der Waals surface area contributed by atoms with Crippen LogP contribution < -0.4 is 0 Å². The molecule has 0 heterocycles. The van der Waals surface area contributed by atoms with Crippen molar-refractivity contribution in [3.63, 3.8) is 0 Å². The van der Waals surface area contributed by atoms with E-state index in [-0.39, 0.29) is 31.1 Å². The minimum absolute atomic E-state index is 0.0654. The van der Waals surface area contributed by atoms with Crippen molar-refractivity contribution in [1.29, 1.82) is 0 Å². The smallest absolute Gasteiger partial charge is 0.306 e. The normalized spacial score (nSPS) is 12.1. The van der Waals surface area contributed by atoms with Crippen LogP contribution in [-0.4, -0.2) is 37.2 Å². The van der Waals surface area contributed by atoms with Crippen molar-refractivity contribution >= 4 is 17.9 Å². The van der Waals surface area contributed by atoms with Gasteiger partial charge in [-0.2, -0.15) is 0 Å². The molecule has 0 saturated heterocycles. The van der Waals surface area contributed by atoms with Crippen LogP contribution in [0.4, 0.5) is 0 Å². The van der Waals surface area contributed by atoms with E-state index in [2.05, 4.69) is 34.6 Å². The number of carbonyl (C=O) groups excluding carboxylic acids is 3. The Morgan fingerprint density at radius 3 is 0.907 bits per heavy atom. The second kappa shape index (κ2) is 41.1. The molecule has 0 amide bonds. The minimum atomic E-state index is -0.760. The Kier molecular flexibility index (Phi) is 39.8. The Labute approximate surface area is 336 Å². The van der Waals surface area contributed by atoms with Gasteiger partial charge in [-0.25, -0.2) is 0 Å². The number of esters is 3. The molecule has 0 saturated carbocycles. The van der Waals surface area contributed by atoms with Gasteiger partial charge in [0.25, 0.3) is 0 Å². The molecule has 0 radical (unpaired) electrons. The molecule has 0 aromatic carbocycles. The molecule has 54 heavy (non-hydrogen) atoms. The second-order valence-electron chi connectivity index (χ2n) is 17.3. The van der Waals surface area contributed by atoms with Crippen molar-refractivity contribution in [2.45, 2.75) is 265 Å². The maximum atomic E-state index is 12.7. The summed E-state index contributed by atoms with van der Waals surface area (Å²) in [4.78, 5) is 37.6.